The molecule has 0 bridgehead atoms. The lowest BCUT2D eigenvalue weighted by Crippen LogP contribution is -2.22. The molecule has 0 aliphatic rings. The number of hydrogen-bond acceptors (Lipinski definition) is 5. The number of aromatic nitrogens is 1. The van der Waals surface area contributed by atoms with Gasteiger partial charge in [0.05, 0.1) is 19.8 Å². The average Bonchev–Trinajstić information content (AvgIpc) is 3.01. The number of methoxy groups -OCH3 is 1. The summed E-state index contributed by atoms with van der Waals surface area (Å²) >= 11 is 0. The van der Waals surface area contributed by atoms with E-state index < -0.39 is 0 Å². The van der Waals surface area contributed by atoms with Crippen molar-refractivity contribution >= 4 is 0 Å². The first kappa shape index (κ1) is 18.3. The molecule has 132 valence electrons. The Balaban J connectivity index is 2.04. The number of hydrogen-bond donors (Lipinski definition) is 1. The summed E-state index contributed by atoms with van der Waals surface area (Å²) in [5.74, 6) is 2.38. The maximum Gasteiger partial charge on any atom is 0.161 e. The summed E-state index contributed by atoms with van der Waals surface area (Å²) in [6, 6.07) is 8.28. The van der Waals surface area contributed by atoms with Crippen LogP contribution in [-0.4, -0.2) is 18.9 Å². The summed E-state index contributed by atoms with van der Waals surface area (Å²) in [5, 5.41) is 7.60. The summed E-state index contributed by atoms with van der Waals surface area (Å²) in [4.78, 5) is 0. The molecule has 0 unspecified atom stereocenters. The number of unbranched alkanes of at least 4 members (excludes halogenated alkanes) is 1. The van der Waals surface area contributed by atoms with Gasteiger partial charge < -0.3 is 19.3 Å². The number of rotatable bonds is 9. The Labute approximate surface area is 144 Å². The second kappa shape index (κ2) is 8.73. The Hall–Kier alpha value is -2.01. The van der Waals surface area contributed by atoms with Gasteiger partial charge in [0.2, 0.25) is 0 Å². The fourth-order valence-electron chi connectivity index (χ4n) is 2.55. The van der Waals surface area contributed by atoms with E-state index in [4.69, 9.17) is 14.0 Å². The van der Waals surface area contributed by atoms with E-state index in [0.717, 1.165) is 41.4 Å². The van der Waals surface area contributed by atoms with Gasteiger partial charge in [-0.1, -0.05) is 24.6 Å². The van der Waals surface area contributed by atoms with Gasteiger partial charge in [-0.2, -0.15) is 0 Å². The molecule has 0 saturated carbocycles. The first-order valence-corrected chi connectivity index (χ1v) is 8.55. The van der Waals surface area contributed by atoms with E-state index in [1.165, 1.54) is 0 Å². The third-order valence-corrected chi connectivity index (χ3v) is 4.03. The molecule has 0 radical (unpaired) electrons. The highest BCUT2D eigenvalue weighted by atomic mass is 16.5. The van der Waals surface area contributed by atoms with Crippen molar-refractivity contribution in [2.45, 2.75) is 52.6 Å². The molecular weight excluding hydrogens is 304 g/mol. The Bertz CT molecular complexity index is 639. The van der Waals surface area contributed by atoms with Crippen molar-refractivity contribution in [1.82, 2.24) is 10.5 Å². The van der Waals surface area contributed by atoms with Crippen LogP contribution in [0, 0.1) is 6.92 Å². The van der Waals surface area contributed by atoms with Crippen molar-refractivity contribution in [1.29, 1.82) is 0 Å². The molecule has 5 heteroatoms. The maximum atomic E-state index is 5.79. The molecule has 1 aromatic heterocycles. The topological polar surface area (TPSA) is 56.5 Å². The van der Waals surface area contributed by atoms with Gasteiger partial charge in [0.25, 0.3) is 0 Å². The zero-order valence-electron chi connectivity index (χ0n) is 15.3. The van der Waals surface area contributed by atoms with Crippen LogP contribution in [-0.2, 0) is 0 Å². The summed E-state index contributed by atoms with van der Waals surface area (Å²) < 4.78 is 16.4. The van der Waals surface area contributed by atoms with Gasteiger partial charge in [0.15, 0.2) is 11.5 Å². The third-order valence-electron chi connectivity index (χ3n) is 4.03. The Morgan fingerprint density at radius 1 is 1.17 bits per heavy atom. The minimum Gasteiger partial charge on any atom is -0.493 e. The molecule has 0 spiro atoms. The van der Waals surface area contributed by atoms with Crippen molar-refractivity contribution in [3.63, 3.8) is 0 Å². The fraction of sp³-hybridized carbons (Fsp3) is 0.526. The number of nitrogens with zero attached hydrogens (tertiary/aromatic N) is 1. The standard InChI is InChI=1S/C19H28N2O3/c1-6-7-10-23-18-9-8-16(12-19(18)22-5)14(3)20-15(4)17-11-13(2)24-21-17/h8-9,11-12,14-15,20H,6-7,10H2,1-5H3/t14-,15-/m1/s1. The molecule has 2 aromatic rings. The first-order valence-electron chi connectivity index (χ1n) is 8.55. The largest absolute Gasteiger partial charge is 0.493 e. The van der Waals surface area contributed by atoms with Gasteiger partial charge >= 0.3 is 0 Å². The van der Waals surface area contributed by atoms with Crippen molar-refractivity contribution in [3.8, 4) is 11.5 Å². The highest BCUT2D eigenvalue weighted by Gasteiger charge is 2.16. The number of ether oxygens (including phenoxy) is 2. The highest BCUT2D eigenvalue weighted by Crippen LogP contribution is 2.31. The van der Waals surface area contributed by atoms with E-state index in [1.54, 1.807) is 7.11 Å². The molecule has 0 aliphatic carbocycles. The smallest absolute Gasteiger partial charge is 0.161 e. The van der Waals surface area contributed by atoms with Crippen molar-refractivity contribution in [2.24, 2.45) is 0 Å². The van der Waals surface area contributed by atoms with Crippen molar-refractivity contribution in [2.75, 3.05) is 13.7 Å². The lowest BCUT2D eigenvalue weighted by molar-refractivity contribution is 0.288. The van der Waals surface area contributed by atoms with Crippen LogP contribution in [0.5, 0.6) is 11.5 Å². The lowest BCUT2D eigenvalue weighted by atomic mass is 10.1. The molecule has 5 nitrogen and oxygen atoms in total. The van der Waals surface area contributed by atoms with Crippen LogP contribution in [0.3, 0.4) is 0 Å². The molecule has 2 atom stereocenters. The molecule has 1 aromatic carbocycles. The van der Waals surface area contributed by atoms with Gasteiger partial charge in [-0.15, -0.1) is 0 Å². The molecule has 1 heterocycles. The van der Waals surface area contributed by atoms with E-state index in [2.05, 4.69) is 37.3 Å². The Kier molecular flexibility index (Phi) is 6.67. The predicted octanol–water partition coefficient (Wildman–Crippen LogP) is 4.58. The van der Waals surface area contributed by atoms with E-state index in [-0.39, 0.29) is 12.1 Å². The van der Waals surface area contributed by atoms with Crippen LogP contribution in [0.4, 0.5) is 0 Å². The zero-order chi connectivity index (χ0) is 17.5. The first-order chi connectivity index (χ1) is 11.5. The van der Waals surface area contributed by atoms with E-state index in [1.807, 2.05) is 25.1 Å². The molecule has 0 aliphatic heterocycles. The van der Waals surface area contributed by atoms with E-state index in [9.17, 15) is 0 Å². The molecule has 2 rings (SSSR count). The summed E-state index contributed by atoms with van der Waals surface area (Å²) in [7, 11) is 1.67. The molecule has 0 fully saturated rings. The number of nitrogens with one attached hydrogen (secondary N) is 1. The van der Waals surface area contributed by atoms with Crippen LogP contribution < -0.4 is 14.8 Å². The molecular formula is C19H28N2O3. The Morgan fingerprint density at radius 2 is 1.96 bits per heavy atom. The zero-order valence-corrected chi connectivity index (χ0v) is 15.3. The number of benzene rings is 1. The van der Waals surface area contributed by atoms with Crippen LogP contribution in [0.15, 0.2) is 28.8 Å². The van der Waals surface area contributed by atoms with E-state index >= 15 is 0 Å². The maximum absolute atomic E-state index is 5.79. The Morgan fingerprint density at radius 3 is 2.58 bits per heavy atom. The molecule has 1 N–H and O–H groups in total. The van der Waals surface area contributed by atoms with Gasteiger partial charge in [0, 0.05) is 12.1 Å². The quantitative estimate of drug-likeness (QED) is 0.681. The average molecular weight is 332 g/mol. The van der Waals surface area contributed by atoms with E-state index in [0.29, 0.717) is 6.61 Å². The second-order valence-electron chi connectivity index (χ2n) is 6.08. The van der Waals surface area contributed by atoms with Crippen molar-refractivity contribution < 1.29 is 14.0 Å². The third kappa shape index (κ3) is 4.74. The summed E-state index contributed by atoms with van der Waals surface area (Å²) in [6.45, 7) is 8.95. The van der Waals surface area contributed by atoms with Gasteiger partial charge in [-0.25, -0.2) is 0 Å². The minimum absolute atomic E-state index is 0.101. The minimum atomic E-state index is 0.101. The molecule has 0 amide bonds. The highest BCUT2D eigenvalue weighted by molar-refractivity contribution is 5.43. The number of aryl methyl sites for hydroxylation is 1. The van der Waals surface area contributed by atoms with Crippen LogP contribution in [0.2, 0.25) is 0 Å². The monoisotopic (exact) mass is 332 g/mol. The summed E-state index contributed by atoms with van der Waals surface area (Å²) in [6.07, 6.45) is 2.15. The van der Waals surface area contributed by atoms with Crippen molar-refractivity contribution in [3.05, 3.63) is 41.3 Å². The molecule has 0 saturated heterocycles. The van der Waals surface area contributed by atoms with Gasteiger partial charge in [-0.05, 0) is 44.9 Å². The normalized spacial score (nSPS) is 13.5. The lowest BCUT2D eigenvalue weighted by Gasteiger charge is -2.20. The van der Waals surface area contributed by atoms with Crippen LogP contribution in [0.25, 0.3) is 0 Å². The molecule has 24 heavy (non-hydrogen) atoms. The van der Waals surface area contributed by atoms with Gasteiger partial charge in [-0.3, -0.25) is 0 Å². The predicted molar refractivity (Wildman–Crippen MR) is 94.6 cm³/mol. The summed E-state index contributed by atoms with van der Waals surface area (Å²) in [5.41, 5.74) is 2.05. The SMILES string of the molecule is CCCCOc1ccc([C@@H](C)N[C@H](C)c2cc(C)on2)cc1OC. The van der Waals surface area contributed by atoms with Crippen LogP contribution >= 0.6 is 0 Å². The van der Waals surface area contributed by atoms with Crippen LogP contribution in [0.1, 0.15) is 62.7 Å². The van der Waals surface area contributed by atoms with Gasteiger partial charge in [0.1, 0.15) is 11.5 Å². The fourth-order valence-corrected chi connectivity index (χ4v) is 2.55. The second-order valence-corrected chi connectivity index (χ2v) is 6.08.